The predicted octanol–water partition coefficient (Wildman–Crippen LogP) is 7.19. The van der Waals surface area contributed by atoms with E-state index in [0.29, 0.717) is 36.0 Å². The molecule has 0 saturated carbocycles. The maximum Gasteiger partial charge on any atom is 0.260 e. The molecule has 43 heavy (non-hydrogen) atoms. The monoisotopic (exact) mass is 566 g/mol. The van der Waals surface area contributed by atoms with Crippen LogP contribution in [0.1, 0.15) is 32.6 Å². The second-order valence-corrected chi connectivity index (χ2v) is 10.9. The van der Waals surface area contributed by atoms with Gasteiger partial charge in [0.05, 0.1) is 29.7 Å². The molecule has 3 aromatic heterocycles. The normalized spacial score (nSPS) is 11.4. The molecule has 0 aliphatic carbocycles. The first-order chi connectivity index (χ1) is 20.9. The average molecular weight is 567 g/mol. The lowest BCUT2D eigenvalue weighted by atomic mass is 10.1. The van der Waals surface area contributed by atoms with Gasteiger partial charge in [0.15, 0.2) is 11.6 Å². The zero-order valence-electron chi connectivity index (χ0n) is 23.9. The number of nitrogens with two attached hydrogens (primary N) is 1. The van der Waals surface area contributed by atoms with Crippen LogP contribution < -0.4 is 11.1 Å². The molecule has 8 nitrogen and oxygen atoms in total. The molecule has 1 amide bonds. The molecular formula is C35H30N6O2. The second-order valence-electron chi connectivity index (χ2n) is 10.9. The Labute approximate surface area is 248 Å². The molecule has 0 bridgehead atoms. The molecule has 3 heterocycles. The van der Waals surface area contributed by atoms with E-state index >= 15 is 0 Å². The summed E-state index contributed by atoms with van der Waals surface area (Å²) in [6, 6.07) is 32.2. The first kappa shape index (κ1) is 26.3. The third kappa shape index (κ3) is 5.15. The number of nitrogens with one attached hydrogen (secondary N) is 1. The lowest BCUT2D eigenvalue weighted by Gasteiger charge is -2.05. The first-order valence-electron chi connectivity index (χ1n) is 14.1. The van der Waals surface area contributed by atoms with Crippen LogP contribution in [0.15, 0.2) is 108 Å². The minimum atomic E-state index is -0.296. The van der Waals surface area contributed by atoms with Gasteiger partial charge in [-0.25, -0.2) is 0 Å². The summed E-state index contributed by atoms with van der Waals surface area (Å²) in [5.74, 6) is 1.26. The Bertz CT molecular complexity index is 2100. The van der Waals surface area contributed by atoms with E-state index in [1.165, 1.54) is 17.4 Å². The van der Waals surface area contributed by atoms with Gasteiger partial charge in [-0.05, 0) is 55.3 Å². The highest BCUT2D eigenvalue weighted by molar-refractivity contribution is 6.08. The Kier molecular flexibility index (Phi) is 6.51. The predicted molar refractivity (Wildman–Crippen MR) is 170 cm³/mol. The molecule has 0 spiro atoms. The molecule has 3 N–H and O–H groups in total. The number of carbonyl (C=O) groups excluding carboxylic acids is 1. The van der Waals surface area contributed by atoms with Gasteiger partial charge < -0.3 is 15.5 Å². The molecule has 0 saturated heterocycles. The van der Waals surface area contributed by atoms with Crippen LogP contribution in [-0.4, -0.2) is 25.5 Å². The number of hydrogen-bond donors (Lipinski definition) is 2. The summed E-state index contributed by atoms with van der Waals surface area (Å²) >= 11 is 0. The Hall–Kier alpha value is -5.63. The summed E-state index contributed by atoms with van der Waals surface area (Å²) < 4.78 is 9.68. The van der Waals surface area contributed by atoms with E-state index in [9.17, 15) is 4.79 Å². The number of aryl methyl sites for hydroxylation is 2. The van der Waals surface area contributed by atoms with Crippen molar-refractivity contribution in [2.24, 2.45) is 0 Å². The lowest BCUT2D eigenvalue weighted by molar-refractivity contribution is 0.102. The summed E-state index contributed by atoms with van der Waals surface area (Å²) in [4.78, 5) is 13.4. The highest BCUT2D eigenvalue weighted by atomic mass is 16.3. The van der Waals surface area contributed by atoms with Crippen molar-refractivity contribution in [1.29, 1.82) is 0 Å². The van der Waals surface area contributed by atoms with Gasteiger partial charge in [0, 0.05) is 16.3 Å². The molecule has 0 aliphatic rings. The number of nitrogen functional groups attached to an aromatic ring is 1. The summed E-state index contributed by atoms with van der Waals surface area (Å²) in [5.41, 5.74) is 14.0. The van der Waals surface area contributed by atoms with Crippen molar-refractivity contribution < 1.29 is 9.21 Å². The van der Waals surface area contributed by atoms with Crippen LogP contribution in [0.3, 0.4) is 0 Å². The van der Waals surface area contributed by atoms with Crippen molar-refractivity contribution in [3.05, 3.63) is 131 Å². The quantitative estimate of drug-likeness (QED) is 0.212. The smallest absolute Gasteiger partial charge is 0.260 e. The van der Waals surface area contributed by atoms with Crippen molar-refractivity contribution in [1.82, 2.24) is 19.6 Å². The molecule has 0 radical (unpaired) electrons. The minimum Gasteiger partial charge on any atom is -0.464 e. The van der Waals surface area contributed by atoms with Crippen LogP contribution in [-0.2, 0) is 13.1 Å². The van der Waals surface area contributed by atoms with Gasteiger partial charge in [-0.2, -0.15) is 10.2 Å². The van der Waals surface area contributed by atoms with Gasteiger partial charge in [-0.1, -0.05) is 77.9 Å². The van der Waals surface area contributed by atoms with Gasteiger partial charge in [0.25, 0.3) is 5.91 Å². The van der Waals surface area contributed by atoms with Crippen LogP contribution in [0.4, 0.5) is 11.6 Å². The molecule has 8 heteroatoms. The SMILES string of the molecule is Cc1ccc(Cn2nc(N)c3ccc(-c4cc(C(=O)Nc5nn(Cc6ccc(C)cc6)c6ccccc56)co4)cc32)cc1. The van der Waals surface area contributed by atoms with Crippen molar-refractivity contribution in [3.63, 3.8) is 0 Å². The number of rotatable bonds is 7. The number of furan rings is 1. The molecule has 0 fully saturated rings. The summed E-state index contributed by atoms with van der Waals surface area (Å²) in [5, 5.41) is 14.1. The zero-order valence-corrected chi connectivity index (χ0v) is 23.9. The first-order valence-corrected chi connectivity index (χ1v) is 14.1. The number of nitrogens with zero attached hydrogens (tertiary/aromatic N) is 4. The van der Waals surface area contributed by atoms with E-state index in [0.717, 1.165) is 38.5 Å². The van der Waals surface area contributed by atoms with Crippen molar-refractivity contribution >= 4 is 39.3 Å². The van der Waals surface area contributed by atoms with Crippen LogP contribution in [0.25, 0.3) is 33.1 Å². The zero-order chi connectivity index (χ0) is 29.5. The number of para-hydroxylation sites is 1. The Morgan fingerprint density at radius 2 is 1.42 bits per heavy atom. The van der Waals surface area contributed by atoms with Crippen LogP contribution in [0.2, 0.25) is 0 Å². The topological polar surface area (TPSA) is 104 Å². The number of anilines is 2. The van der Waals surface area contributed by atoms with Crippen LogP contribution >= 0.6 is 0 Å². The van der Waals surface area contributed by atoms with E-state index < -0.39 is 0 Å². The van der Waals surface area contributed by atoms with E-state index in [-0.39, 0.29) is 5.91 Å². The lowest BCUT2D eigenvalue weighted by Crippen LogP contribution is -2.12. The number of amides is 1. The average Bonchev–Trinajstić information content (AvgIpc) is 3.72. The van der Waals surface area contributed by atoms with Gasteiger partial charge in [0.1, 0.15) is 12.0 Å². The molecule has 7 rings (SSSR count). The van der Waals surface area contributed by atoms with Gasteiger partial charge in [0.2, 0.25) is 0 Å². The van der Waals surface area contributed by atoms with Crippen LogP contribution in [0.5, 0.6) is 0 Å². The molecule has 212 valence electrons. The second kappa shape index (κ2) is 10.6. The van der Waals surface area contributed by atoms with E-state index in [4.69, 9.17) is 15.2 Å². The number of fused-ring (bicyclic) bond motifs is 2. The number of carbonyl (C=O) groups is 1. The Balaban J connectivity index is 1.14. The largest absolute Gasteiger partial charge is 0.464 e. The fourth-order valence-corrected chi connectivity index (χ4v) is 5.33. The highest BCUT2D eigenvalue weighted by Crippen LogP contribution is 2.30. The van der Waals surface area contributed by atoms with Crippen LogP contribution in [0, 0.1) is 13.8 Å². The summed E-state index contributed by atoms with van der Waals surface area (Å²) in [6.07, 6.45) is 1.47. The Morgan fingerprint density at radius 1 is 0.767 bits per heavy atom. The fourth-order valence-electron chi connectivity index (χ4n) is 5.33. The molecule has 4 aromatic carbocycles. The van der Waals surface area contributed by atoms with E-state index in [2.05, 4.69) is 72.8 Å². The highest BCUT2D eigenvalue weighted by Gasteiger charge is 2.18. The molecule has 0 aliphatic heterocycles. The van der Waals surface area contributed by atoms with Gasteiger partial charge in [-0.3, -0.25) is 14.2 Å². The molecule has 0 unspecified atom stereocenters. The molecule has 0 atom stereocenters. The van der Waals surface area contributed by atoms with E-state index in [1.54, 1.807) is 6.07 Å². The molecular weight excluding hydrogens is 536 g/mol. The third-order valence-electron chi connectivity index (χ3n) is 7.72. The fraction of sp³-hybridized carbons (Fsp3) is 0.114. The van der Waals surface area contributed by atoms with Crippen molar-refractivity contribution in [2.45, 2.75) is 26.9 Å². The number of hydrogen-bond acceptors (Lipinski definition) is 5. The maximum absolute atomic E-state index is 13.4. The minimum absolute atomic E-state index is 0.296. The van der Waals surface area contributed by atoms with Crippen molar-refractivity contribution in [3.8, 4) is 11.3 Å². The number of benzene rings is 4. The van der Waals surface area contributed by atoms with Gasteiger partial charge >= 0.3 is 0 Å². The molecule has 7 aromatic rings. The maximum atomic E-state index is 13.4. The standard InChI is InChI=1S/C35H30N6O2/c1-22-7-11-24(12-8-22)19-40-30-6-4-3-5-29(30)34(39-40)37-35(42)27-18-32(43-21-27)26-15-16-28-31(17-26)41(38-33(28)36)20-25-13-9-23(2)10-14-25/h3-18,21H,19-20H2,1-2H3,(H2,36,38)(H,37,39,42). The third-order valence-corrected chi connectivity index (χ3v) is 7.72. The van der Waals surface area contributed by atoms with Crippen molar-refractivity contribution in [2.75, 3.05) is 11.1 Å². The number of aromatic nitrogens is 4. The van der Waals surface area contributed by atoms with E-state index in [1.807, 2.05) is 51.8 Å². The Morgan fingerprint density at radius 3 is 2.12 bits per heavy atom. The summed E-state index contributed by atoms with van der Waals surface area (Å²) in [6.45, 7) is 5.32. The van der Waals surface area contributed by atoms with Gasteiger partial charge in [-0.15, -0.1) is 0 Å². The summed E-state index contributed by atoms with van der Waals surface area (Å²) in [7, 11) is 0.